The van der Waals surface area contributed by atoms with Gasteiger partial charge in [-0.2, -0.15) is 0 Å². The Labute approximate surface area is 167 Å². The van der Waals surface area contributed by atoms with Gasteiger partial charge in [0.1, 0.15) is 6.04 Å². The second-order valence-electron chi connectivity index (χ2n) is 6.99. The number of nitrogens with one attached hydrogen (secondary N) is 1. The number of hydrogen-bond donors (Lipinski definition) is 1. The van der Waals surface area contributed by atoms with Crippen molar-refractivity contribution >= 4 is 41.0 Å². The smallest absolute Gasteiger partial charge is 0.329 e. The Hall–Kier alpha value is -2.67. The van der Waals surface area contributed by atoms with E-state index in [0.717, 1.165) is 10.5 Å². The largest absolute Gasteiger partial charge is 0.454 e. The van der Waals surface area contributed by atoms with Crippen molar-refractivity contribution in [3.63, 3.8) is 0 Å². The summed E-state index contributed by atoms with van der Waals surface area (Å²) in [6.45, 7) is 2.70. The van der Waals surface area contributed by atoms with Crippen LogP contribution in [0.5, 0.6) is 0 Å². The molecule has 1 heterocycles. The molecule has 28 heavy (non-hydrogen) atoms. The molecule has 3 amide bonds. The van der Waals surface area contributed by atoms with E-state index in [1.54, 1.807) is 25.1 Å². The molecular weight excluding hydrogens is 384 g/mol. The fourth-order valence-corrected chi connectivity index (χ4v) is 3.75. The SMILES string of the molecule is Cc1cc(Cl)ccc1NC(=O)COC(=O)[C@H](C)N1C(=O)[C@H]2CC=CC[C@H]2C1=O. The van der Waals surface area contributed by atoms with Gasteiger partial charge in [0.15, 0.2) is 6.61 Å². The summed E-state index contributed by atoms with van der Waals surface area (Å²) in [6.07, 6.45) is 4.75. The molecule has 2 aliphatic rings. The molecule has 1 saturated heterocycles. The Morgan fingerprint density at radius 2 is 1.82 bits per heavy atom. The Morgan fingerprint density at radius 1 is 1.21 bits per heavy atom. The first-order valence-electron chi connectivity index (χ1n) is 9.04. The first kappa shape index (κ1) is 20.1. The molecule has 3 atom stereocenters. The summed E-state index contributed by atoms with van der Waals surface area (Å²) >= 11 is 5.88. The van der Waals surface area contributed by atoms with Gasteiger partial charge in [0.2, 0.25) is 11.8 Å². The maximum absolute atomic E-state index is 12.5. The molecule has 1 aliphatic heterocycles. The third-order valence-electron chi connectivity index (χ3n) is 5.08. The molecule has 1 fully saturated rings. The lowest BCUT2D eigenvalue weighted by Crippen LogP contribution is -2.45. The number of esters is 1. The van der Waals surface area contributed by atoms with E-state index in [2.05, 4.69) is 5.32 Å². The number of nitrogens with zero attached hydrogens (tertiary/aromatic N) is 1. The number of rotatable bonds is 5. The number of benzene rings is 1. The third-order valence-corrected chi connectivity index (χ3v) is 5.31. The molecule has 0 bridgehead atoms. The van der Waals surface area contributed by atoms with Gasteiger partial charge in [-0.05, 0) is 50.5 Å². The fraction of sp³-hybridized carbons (Fsp3) is 0.400. The van der Waals surface area contributed by atoms with Crippen molar-refractivity contribution in [3.8, 4) is 0 Å². The summed E-state index contributed by atoms with van der Waals surface area (Å²) in [5.41, 5.74) is 1.32. The summed E-state index contributed by atoms with van der Waals surface area (Å²) in [7, 11) is 0. The molecule has 0 radical (unpaired) electrons. The first-order valence-corrected chi connectivity index (χ1v) is 9.42. The van der Waals surface area contributed by atoms with Gasteiger partial charge in [-0.15, -0.1) is 0 Å². The van der Waals surface area contributed by atoms with Crippen molar-refractivity contribution in [1.82, 2.24) is 4.90 Å². The lowest BCUT2D eigenvalue weighted by molar-refractivity contribution is -0.159. The van der Waals surface area contributed by atoms with E-state index in [0.29, 0.717) is 23.6 Å². The van der Waals surface area contributed by atoms with Crippen molar-refractivity contribution in [3.05, 3.63) is 40.9 Å². The lowest BCUT2D eigenvalue weighted by Gasteiger charge is -2.21. The number of allylic oxidation sites excluding steroid dienone is 2. The predicted octanol–water partition coefficient (Wildman–Crippen LogP) is 2.47. The maximum atomic E-state index is 12.5. The number of anilines is 1. The second kappa shape index (κ2) is 8.14. The van der Waals surface area contributed by atoms with Gasteiger partial charge in [-0.1, -0.05) is 23.8 Å². The summed E-state index contributed by atoms with van der Waals surface area (Å²) < 4.78 is 5.03. The molecule has 1 aromatic carbocycles. The van der Waals surface area contributed by atoms with Gasteiger partial charge in [0.05, 0.1) is 11.8 Å². The molecule has 0 saturated carbocycles. The Bertz CT molecular complexity index is 840. The summed E-state index contributed by atoms with van der Waals surface area (Å²) in [6, 6.07) is 3.91. The average Bonchev–Trinajstić information content (AvgIpc) is 2.92. The van der Waals surface area contributed by atoms with Crippen LogP contribution in [0.1, 0.15) is 25.3 Å². The van der Waals surface area contributed by atoms with Crippen LogP contribution in [0, 0.1) is 18.8 Å². The molecular formula is C20H21ClN2O5. The molecule has 1 N–H and O–H groups in total. The lowest BCUT2D eigenvalue weighted by atomic mass is 9.85. The van der Waals surface area contributed by atoms with Crippen LogP contribution >= 0.6 is 11.6 Å². The molecule has 8 heteroatoms. The van der Waals surface area contributed by atoms with E-state index >= 15 is 0 Å². The zero-order chi connectivity index (χ0) is 20.4. The Balaban J connectivity index is 1.56. The Morgan fingerprint density at radius 3 is 2.39 bits per heavy atom. The zero-order valence-electron chi connectivity index (χ0n) is 15.6. The molecule has 0 spiro atoms. The monoisotopic (exact) mass is 404 g/mol. The van der Waals surface area contributed by atoms with Crippen LogP contribution in [0.15, 0.2) is 30.4 Å². The van der Waals surface area contributed by atoms with Crippen LogP contribution in [-0.2, 0) is 23.9 Å². The number of carbonyl (C=O) groups excluding carboxylic acids is 4. The highest BCUT2D eigenvalue weighted by molar-refractivity contribution is 6.30. The number of hydrogen-bond acceptors (Lipinski definition) is 5. The Kier molecular flexibility index (Phi) is 5.84. The van der Waals surface area contributed by atoms with Crippen LogP contribution in [0.4, 0.5) is 5.69 Å². The fourth-order valence-electron chi connectivity index (χ4n) is 3.52. The van der Waals surface area contributed by atoms with E-state index in [9.17, 15) is 19.2 Å². The minimum absolute atomic E-state index is 0.356. The van der Waals surface area contributed by atoms with E-state index in [4.69, 9.17) is 16.3 Å². The summed E-state index contributed by atoms with van der Waals surface area (Å²) in [4.78, 5) is 50.4. The first-order chi connectivity index (χ1) is 13.3. The van der Waals surface area contributed by atoms with Gasteiger partial charge < -0.3 is 10.1 Å². The number of aryl methyl sites for hydroxylation is 1. The van der Waals surface area contributed by atoms with Crippen molar-refractivity contribution in [2.45, 2.75) is 32.7 Å². The average molecular weight is 405 g/mol. The van der Waals surface area contributed by atoms with E-state index in [-0.39, 0.29) is 11.8 Å². The maximum Gasteiger partial charge on any atom is 0.329 e. The van der Waals surface area contributed by atoms with Gasteiger partial charge >= 0.3 is 5.97 Å². The minimum atomic E-state index is -1.07. The minimum Gasteiger partial charge on any atom is -0.454 e. The quantitative estimate of drug-likeness (QED) is 0.462. The molecule has 1 aromatic rings. The van der Waals surface area contributed by atoms with Crippen LogP contribution in [0.3, 0.4) is 0 Å². The normalized spacial score (nSPS) is 22.0. The molecule has 0 unspecified atom stereocenters. The number of imide groups is 1. The number of amides is 3. The molecule has 3 rings (SSSR count). The van der Waals surface area contributed by atoms with Crippen molar-refractivity contribution in [2.24, 2.45) is 11.8 Å². The van der Waals surface area contributed by atoms with Crippen LogP contribution in [0.25, 0.3) is 0 Å². The summed E-state index contributed by atoms with van der Waals surface area (Å²) in [5.74, 6) is -2.86. The molecule has 0 aromatic heterocycles. The van der Waals surface area contributed by atoms with E-state index in [1.165, 1.54) is 6.92 Å². The summed E-state index contributed by atoms with van der Waals surface area (Å²) in [5, 5.41) is 3.18. The van der Waals surface area contributed by atoms with Crippen molar-refractivity contribution in [1.29, 1.82) is 0 Å². The number of fused-ring (bicyclic) bond motifs is 1. The van der Waals surface area contributed by atoms with Gasteiger partial charge in [-0.3, -0.25) is 19.3 Å². The van der Waals surface area contributed by atoms with Crippen molar-refractivity contribution < 1.29 is 23.9 Å². The van der Waals surface area contributed by atoms with E-state index in [1.807, 2.05) is 12.2 Å². The standard InChI is InChI=1S/C20H21ClN2O5/c1-11-9-13(21)7-8-16(11)22-17(24)10-28-20(27)12(2)23-18(25)14-5-3-4-6-15(14)19(23)26/h3-4,7-9,12,14-15H,5-6,10H2,1-2H3,(H,22,24)/t12-,14-,15+/m0/s1. The van der Waals surface area contributed by atoms with Crippen LogP contribution < -0.4 is 5.32 Å². The highest BCUT2D eigenvalue weighted by Crippen LogP contribution is 2.36. The predicted molar refractivity (Wildman–Crippen MR) is 102 cm³/mol. The number of carbonyl (C=O) groups is 4. The van der Waals surface area contributed by atoms with Gasteiger partial charge in [0.25, 0.3) is 5.91 Å². The van der Waals surface area contributed by atoms with E-state index < -0.39 is 36.4 Å². The third kappa shape index (κ3) is 3.94. The highest BCUT2D eigenvalue weighted by atomic mass is 35.5. The number of ether oxygens (including phenoxy) is 1. The second-order valence-corrected chi connectivity index (χ2v) is 7.43. The van der Waals surface area contributed by atoms with Crippen LogP contribution in [-0.4, -0.2) is 41.2 Å². The van der Waals surface area contributed by atoms with Gasteiger partial charge in [-0.25, -0.2) is 4.79 Å². The number of likely N-dealkylation sites (tertiary alicyclic amines) is 1. The topological polar surface area (TPSA) is 92.8 Å². The highest BCUT2D eigenvalue weighted by Gasteiger charge is 2.50. The zero-order valence-corrected chi connectivity index (χ0v) is 16.4. The van der Waals surface area contributed by atoms with Gasteiger partial charge in [0, 0.05) is 10.7 Å². The van der Waals surface area contributed by atoms with Crippen LogP contribution in [0.2, 0.25) is 5.02 Å². The number of halogens is 1. The molecule has 7 nitrogen and oxygen atoms in total. The van der Waals surface area contributed by atoms with Crippen molar-refractivity contribution in [2.75, 3.05) is 11.9 Å². The molecule has 1 aliphatic carbocycles. The molecule has 148 valence electrons.